The summed E-state index contributed by atoms with van der Waals surface area (Å²) in [5.41, 5.74) is 9.37. The van der Waals surface area contributed by atoms with Crippen molar-refractivity contribution in [3.63, 3.8) is 0 Å². The van der Waals surface area contributed by atoms with E-state index < -0.39 is 0 Å². The molecule has 1 aromatic heterocycles. The Kier molecular flexibility index (Phi) is 3.24. The van der Waals surface area contributed by atoms with Crippen molar-refractivity contribution < 1.29 is 0 Å². The van der Waals surface area contributed by atoms with Gasteiger partial charge in [0.1, 0.15) is 5.82 Å². The number of aryl methyl sites for hydroxylation is 1. The molecule has 2 N–H and O–H groups in total. The summed E-state index contributed by atoms with van der Waals surface area (Å²) in [5, 5.41) is 4.17. The number of rotatable bonds is 2. The predicted octanol–water partition coefficient (Wildman–Crippen LogP) is 3.56. The molecule has 2 aromatic rings. The average Bonchev–Trinajstić information content (AvgIpc) is 2.59. The molecule has 0 radical (unpaired) electrons. The lowest BCUT2D eigenvalue weighted by atomic mass is 9.98. The zero-order valence-corrected chi connectivity index (χ0v) is 11.8. The number of nitrogen functional groups attached to an aromatic ring is 1. The number of anilines is 1. The van der Waals surface area contributed by atoms with Crippen LogP contribution in [0.15, 0.2) is 28.9 Å². The van der Waals surface area contributed by atoms with Gasteiger partial charge in [-0.3, -0.25) is 4.68 Å². The molecule has 0 aliphatic rings. The topological polar surface area (TPSA) is 43.8 Å². The SMILES string of the molecule is CC(C)c1cc(Br)cc(-c2cnn(C)c2N)c1. The van der Waals surface area contributed by atoms with Gasteiger partial charge in [-0.2, -0.15) is 5.10 Å². The van der Waals surface area contributed by atoms with Gasteiger partial charge in [0, 0.05) is 17.1 Å². The molecule has 17 heavy (non-hydrogen) atoms. The molecule has 3 nitrogen and oxygen atoms in total. The number of hydrogen-bond donors (Lipinski definition) is 1. The number of benzene rings is 1. The fourth-order valence-corrected chi connectivity index (χ4v) is 2.28. The minimum atomic E-state index is 0.490. The van der Waals surface area contributed by atoms with Crippen LogP contribution in [-0.4, -0.2) is 9.78 Å². The molecule has 0 spiro atoms. The molecule has 0 amide bonds. The average molecular weight is 294 g/mol. The highest BCUT2D eigenvalue weighted by molar-refractivity contribution is 9.10. The third-order valence-electron chi connectivity index (χ3n) is 2.88. The Labute approximate surface area is 110 Å². The van der Waals surface area contributed by atoms with Gasteiger partial charge in [0.05, 0.1) is 6.20 Å². The van der Waals surface area contributed by atoms with Crippen LogP contribution in [0.25, 0.3) is 11.1 Å². The summed E-state index contributed by atoms with van der Waals surface area (Å²) < 4.78 is 2.76. The van der Waals surface area contributed by atoms with Gasteiger partial charge in [0.2, 0.25) is 0 Å². The van der Waals surface area contributed by atoms with Crippen molar-refractivity contribution in [2.45, 2.75) is 19.8 Å². The van der Waals surface area contributed by atoms with Crippen LogP contribution in [-0.2, 0) is 7.05 Å². The van der Waals surface area contributed by atoms with Crippen LogP contribution >= 0.6 is 15.9 Å². The normalized spacial score (nSPS) is 11.1. The van der Waals surface area contributed by atoms with E-state index in [1.165, 1.54) is 5.56 Å². The van der Waals surface area contributed by atoms with E-state index in [9.17, 15) is 0 Å². The standard InChI is InChI=1S/C13H16BrN3/c1-8(2)9-4-10(6-11(14)5-9)12-7-16-17(3)13(12)15/h4-8H,15H2,1-3H3. The maximum atomic E-state index is 6.00. The second-order valence-corrected chi connectivity index (χ2v) is 5.41. The first-order valence-corrected chi connectivity index (χ1v) is 6.36. The van der Waals surface area contributed by atoms with Crippen molar-refractivity contribution in [3.05, 3.63) is 34.4 Å². The van der Waals surface area contributed by atoms with Gasteiger partial charge in [0.15, 0.2) is 0 Å². The van der Waals surface area contributed by atoms with Gasteiger partial charge in [-0.05, 0) is 29.2 Å². The van der Waals surface area contributed by atoms with E-state index >= 15 is 0 Å². The van der Waals surface area contributed by atoms with E-state index in [-0.39, 0.29) is 0 Å². The Morgan fingerprint density at radius 1 is 1.29 bits per heavy atom. The van der Waals surface area contributed by atoms with Gasteiger partial charge in [0.25, 0.3) is 0 Å². The largest absolute Gasteiger partial charge is 0.383 e. The molecule has 0 aliphatic carbocycles. The maximum absolute atomic E-state index is 6.00. The molecular weight excluding hydrogens is 278 g/mol. The highest BCUT2D eigenvalue weighted by atomic mass is 79.9. The minimum Gasteiger partial charge on any atom is -0.383 e. The van der Waals surface area contributed by atoms with E-state index in [0.29, 0.717) is 11.7 Å². The monoisotopic (exact) mass is 293 g/mol. The zero-order chi connectivity index (χ0) is 12.6. The number of nitrogens with zero attached hydrogens (tertiary/aromatic N) is 2. The van der Waals surface area contributed by atoms with Gasteiger partial charge in [-0.1, -0.05) is 35.8 Å². The van der Waals surface area contributed by atoms with Crippen molar-refractivity contribution in [1.82, 2.24) is 9.78 Å². The van der Waals surface area contributed by atoms with Gasteiger partial charge < -0.3 is 5.73 Å². The lowest BCUT2D eigenvalue weighted by Gasteiger charge is -2.09. The van der Waals surface area contributed by atoms with Crippen molar-refractivity contribution in [2.75, 3.05) is 5.73 Å². The number of nitrogens with two attached hydrogens (primary N) is 1. The number of hydrogen-bond acceptors (Lipinski definition) is 2. The van der Waals surface area contributed by atoms with E-state index in [2.05, 4.69) is 53.1 Å². The molecule has 2 rings (SSSR count). The summed E-state index contributed by atoms with van der Waals surface area (Å²) in [6, 6.07) is 6.38. The molecule has 0 aliphatic heterocycles. The maximum Gasteiger partial charge on any atom is 0.129 e. The molecule has 0 fully saturated rings. The third-order valence-corrected chi connectivity index (χ3v) is 3.34. The summed E-state index contributed by atoms with van der Waals surface area (Å²) in [5.74, 6) is 1.18. The fraction of sp³-hybridized carbons (Fsp3) is 0.308. The Hall–Kier alpha value is -1.29. The third kappa shape index (κ3) is 2.36. The molecule has 90 valence electrons. The Morgan fingerprint density at radius 3 is 2.53 bits per heavy atom. The number of aromatic nitrogens is 2. The second-order valence-electron chi connectivity index (χ2n) is 4.50. The highest BCUT2D eigenvalue weighted by Crippen LogP contribution is 2.31. The molecule has 0 unspecified atom stereocenters. The molecule has 0 atom stereocenters. The highest BCUT2D eigenvalue weighted by Gasteiger charge is 2.10. The van der Waals surface area contributed by atoms with Gasteiger partial charge in [-0.25, -0.2) is 0 Å². The van der Waals surface area contributed by atoms with Crippen LogP contribution in [0.2, 0.25) is 0 Å². The summed E-state index contributed by atoms with van der Waals surface area (Å²) in [4.78, 5) is 0. The molecule has 0 bridgehead atoms. The first kappa shape index (κ1) is 12.2. The van der Waals surface area contributed by atoms with Crippen LogP contribution in [0.1, 0.15) is 25.3 Å². The minimum absolute atomic E-state index is 0.490. The molecule has 0 saturated heterocycles. The molecule has 1 aromatic carbocycles. The quantitative estimate of drug-likeness (QED) is 0.920. The van der Waals surface area contributed by atoms with Crippen molar-refractivity contribution in [2.24, 2.45) is 7.05 Å². The van der Waals surface area contributed by atoms with Crippen molar-refractivity contribution in [1.29, 1.82) is 0 Å². The Morgan fingerprint density at radius 2 is 2.00 bits per heavy atom. The van der Waals surface area contributed by atoms with Crippen LogP contribution in [0.5, 0.6) is 0 Å². The molecule has 0 saturated carbocycles. The first-order valence-electron chi connectivity index (χ1n) is 5.57. The van der Waals surface area contributed by atoms with E-state index in [4.69, 9.17) is 5.73 Å². The van der Waals surface area contributed by atoms with E-state index in [1.54, 1.807) is 10.9 Å². The fourth-order valence-electron chi connectivity index (χ4n) is 1.77. The predicted molar refractivity (Wildman–Crippen MR) is 74.8 cm³/mol. The summed E-state index contributed by atoms with van der Waals surface area (Å²) in [7, 11) is 1.85. The summed E-state index contributed by atoms with van der Waals surface area (Å²) in [6.45, 7) is 4.36. The molecular formula is C13H16BrN3. The van der Waals surface area contributed by atoms with E-state index in [1.807, 2.05) is 7.05 Å². The van der Waals surface area contributed by atoms with Crippen LogP contribution in [0.4, 0.5) is 5.82 Å². The first-order chi connectivity index (χ1) is 7.99. The van der Waals surface area contributed by atoms with Crippen LogP contribution < -0.4 is 5.73 Å². The van der Waals surface area contributed by atoms with Gasteiger partial charge in [-0.15, -0.1) is 0 Å². The summed E-state index contributed by atoms with van der Waals surface area (Å²) in [6.07, 6.45) is 1.81. The molecule has 4 heteroatoms. The number of halogens is 1. The zero-order valence-electron chi connectivity index (χ0n) is 10.2. The second kappa shape index (κ2) is 4.53. The Balaban J connectivity index is 2.56. The smallest absolute Gasteiger partial charge is 0.129 e. The van der Waals surface area contributed by atoms with Crippen molar-refractivity contribution in [3.8, 4) is 11.1 Å². The molecule has 1 heterocycles. The van der Waals surface area contributed by atoms with Gasteiger partial charge >= 0.3 is 0 Å². The van der Waals surface area contributed by atoms with Crippen molar-refractivity contribution >= 4 is 21.7 Å². The van der Waals surface area contributed by atoms with Crippen LogP contribution in [0, 0.1) is 0 Å². The lowest BCUT2D eigenvalue weighted by molar-refractivity contribution is 0.779. The van der Waals surface area contributed by atoms with Crippen LogP contribution in [0.3, 0.4) is 0 Å². The van der Waals surface area contributed by atoms with E-state index in [0.717, 1.165) is 15.6 Å². The lowest BCUT2D eigenvalue weighted by Crippen LogP contribution is -1.98. The Bertz CT molecular complexity index is 544. The summed E-state index contributed by atoms with van der Waals surface area (Å²) >= 11 is 3.54.